The van der Waals surface area contributed by atoms with Crippen LogP contribution in [0.4, 0.5) is 4.79 Å². The van der Waals surface area contributed by atoms with E-state index in [1.54, 1.807) is 62.3 Å². The summed E-state index contributed by atoms with van der Waals surface area (Å²) < 4.78 is 16.7. The fourth-order valence-electron chi connectivity index (χ4n) is 4.37. The average molecular weight is 437 g/mol. The Hall–Kier alpha value is -2.30. The fourth-order valence-corrected chi connectivity index (χ4v) is 4.37. The average Bonchev–Trinajstić information content (AvgIpc) is 3.06. The molecule has 5 atom stereocenters. The highest BCUT2D eigenvalue weighted by Crippen LogP contribution is 2.51. The van der Waals surface area contributed by atoms with Gasteiger partial charge in [0.2, 0.25) is 0 Å². The minimum Gasteiger partial charge on any atom is -0.460 e. The zero-order chi connectivity index (χ0) is 23.9. The monoisotopic (exact) mass is 436 g/mol. The third-order valence-electron chi connectivity index (χ3n) is 5.27. The minimum atomic E-state index is -0.884. The molecule has 2 rings (SSSR count). The molecule has 0 aromatic carbocycles. The standard InChI is InChI=1S/C23H36N2O6/c1-21(2,3)29-18(26)13-10-14(19(27)30-22(4,5)6)17-15(13)12-25(16(17)11-24)20(28)31-23(7,8)9/h13-17H,10,12H2,1-9H3/t13-,14+,15-,16+,17+/m1/s1. The predicted octanol–water partition coefficient (Wildman–Crippen LogP) is 3.68. The Morgan fingerprint density at radius 3 is 1.68 bits per heavy atom. The molecule has 1 saturated carbocycles. The molecule has 2 fully saturated rings. The summed E-state index contributed by atoms with van der Waals surface area (Å²) in [5.41, 5.74) is -2.12. The number of amides is 1. The van der Waals surface area contributed by atoms with E-state index in [4.69, 9.17) is 14.2 Å². The molecule has 0 bridgehead atoms. The number of nitriles is 1. The van der Waals surface area contributed by atoms with Gasteiger partial charge in [-0.15, -0.1) is 0 Å². The van der Waals surface area contributed by atoms with E-state index >= 15 is 0 Å². The lowest BCUT2D eigenvalue weighted by molar-refractivity contribution is -0.162. The molecule has 0 spiro atoms. The van der Waals surface area contributed by atoms with Gasteiger partial charge in [-0.3, -0.25) is 14.5 Å². The van der Waals surface area contributed by atoms with Crippen LogP contribution in [0.5, 0.6) is 0 Å². The first kappa shape index (κ1) is 25.0. The van der Waals surface area contributed by atoms with Crippen LogP contribution in [0.15, 0.2) is 0 Å². The van der Waals surface area contributed by atoms with E-state index in [1.807, 2.05) is 0 Å². The van der Waals surface area contributed by atoms with Gasteiger partial charge in [0.1, 0.15) is 22.8 Å². The van der Waals surface area contributed by atoms with Crippen molar-refractivity contribution in [3.63, 3.8) is 0 Å². The molecule has 0 aromatic rings. The Morgan fingerprint density at radius 1 is 0.806 bits per heavy atom. The molecule has 8 heteroatoms. The second-order valence-corrected chi connectivity index (χ2v) is 11.5. The number of hydrogen-bond donors (Lipinski definition) is 0. The van der Waals surface area contributed by atoms with Crippen LogP contribution in [-0.4, -0.2) is 52.3 Å². The van der Waals surface area contributed by atoms with Crippen LogP contribution in [-0.2, 0) is 23.8 Å². The summed E-state index contributed by atoms with van der Waals surface area (Å²) in [6.07, 6.45) is -0.390. The Kier molecular flexibility index (Phi) is 6.71. The number of likely N-dealkylation sites (tertiary alicyclic amines) is 1. The van der Waals surface area contributed by atoms with E-state index in [9.17, 15) is 19.6 Å². The van der Waals surface area contributed by atoms with E-state index < -0.39 is 58.6 Å². The Bertz CT molecular complexity index is 765. The second-order valence-electron chi connectivity index (χ2n) is 11.5. The molecule has 0 unspecified atom stereocenters. The molecule has 174 valence electrons. The van der Waals surface area contributed by atoms with Gasteiger partial charge in [-0.2, -0.15) is 5.26 Å². The number of carbonyl (C=O) groups is 3. The minimum absolute atomic E-state index is 0.154. The van der Waals surface area contributed by atoms with Crippen molar-refractivity contribution in [1.29, 1.82) is 5.26 Å². The third-order valence-corrected chi connectivity index (χ3v) is 5.27. The summed E-state index contributed by atoms with van der Waals surface area (Å²) in [7, 11) is 0. The predicted molar refractivity (Wildman–Crippen MR) is 113 cm³/mol. The summed E-state index contributed by atoms with van der Waals surface area (Å²) in [4.78, 5) is 40.1. The molecule has 0 N–H and O–H groups in total. The van der Waals surface area contributed by atoms with Gasteiger partial charge >= 0.3 is 18.0 Å². The van der Waals surface area contributed by atoms with Crippen molar-refractivity contribution in [2.24, 2.45) is 23.7 Å². The molecule has 2 aliphatic rings. The van der Waals surface area contributed by atoms with E-state index in [0.717, 1.165) is 0 Å². The number of ether oxygens (including phenoxy) is 3. The summed E-state index contributed by atoms with van der Waals surface area (Å²) in [6, 6.07) is 1.29. The number of esters is 2. The molecule has 1 aliphatic carbocycles. The molecule has 1 aliphatic heterocycles. The molecule has 31 heavy (non-hydrogen) atoms. The topological polar surface area (TPSA) is 106 Å². The van der Waals surface area contributed by atoms with Crippen LogP contribution in [0.3, 0.4) is 0 Å². The van der Waals surface area contributed by atoms with Gasteiger partial charge in [0.15, 0.2) is 0 Å². The Morgan fingerprint density at radius 2 is 1.26 bits per heavy atom. The molecule has 1 heterocycles. The number of fused-ring (bicyclic) bond motifs is 1. The van der Waals surface area contributed by atoms with Crippen LogP contribution in [0.1, 0.15) is 68.7 Å². The van der Waals surface area contributed by atoms with E-state index in [-0.39, 0.29) is 18.9 Å². The largest absolute Gasteiger partial charge is 0.460 e. The van der Waals surface area contributed by atoms with Crippen LogP contribution in [0.25, 0.3) is 0 Å². The summed E-state index contributed by atoms with van der Waals surface area (Å²) in [5, 5.41) is 9.91. The fraction of sp³-hybridized carbons (Fsp3) is 0.826. The van der Waals surface area contributed by atoms with Gasteiger partial charge in [-0.1, -0.05) is 0 Å². The van der Waals surface area contributed by atoms with Crippen molar-refractivity contribution >= 4 is 18.0 Å². The van der Waals surface area contributed by atoms with Crippen molar-refractivity contribution < 1.29 is 28.6 Å². The van der Waals surface area contributed by atoms with Crippen molar-refractivity contribution in [1.82, 2.24) is 4.90 Å². The number of hydrogen-bond acceptors (Lipinski definition) is 7. The Balaban J connectivity index is 2.38. The summed E-state index contributed by atoms with van der Waals surface area (Å²) >= 11 is 0. The molecular weight excluding hydrogens is 400 g/mol. The first-order valence-corrected chi connectivity index (χ1v) is 10.8. The highest BCUT2D eigenvalue weighted by Gasteiger charge is 2.60. The molecule has 8 nitrogen and oxygen atoms in total. The summed E-state index contributed by atoms with van der Waals surface area (Å²) in [6.45, 7) is 16.0. The first-order chi connectivity index (χ1) is 13.9. The number of carbonyl (C=O) groups excluding carboxylic acids is 3. The van der Waals surface area contributed by atoms with Crippen molar-refractivity contribution in [3.05, 3.63) is 0 Å². The van der Waals surface area contributed by atoms with Gasteiger partial charge in [-0.05, 0) is 74.7 Å². The SMILES string of the molecule is CC(C)(C)OC(=O)[C@H]1C[C@@H](C(=O)OC(C)(C)C)[C@H]2CN(C(=O)OC(C)(C)C)[C@@H](C#N)[C@H]21. The van der Waals surface area contributed by atoms with E-state index in [2.05, 4.69) is 6.07 Å². The van der Waals surface area contributed by atoms with E-state index in [0.29, 0.717) is 0 Å². The molecule has 1 saturated heterocycles. The maximum atomic E-state index is 13.0. The maximum absolute atomic E-state index is 13.0. The van der Waals surface area contributed by atoms with Gasteiger partial charge in [0.25, 0.3) is 0 Å². The number of nitrogens with zero attached hydrogens (tertiary/aromatic N) is 2. The van der Waals surface area contributed by atoms with E-state index in [1.165, 1.54) is 4.90 Å². The lowest BCUT2D eigenvalue weighted by atomic mass is 9.85. The summed E-state index contributed by atoms with van der Waals surface area (Å²) in [5.74, 6) is -3.07. The van der Waals surface area contributed by atoms with Crippen LogP contribution < -0.4 is 0 Å². The maximum Gasteiger partial charge on any atom is 0.411 e. The normalized spacial score (nSPS) is 28.5. The van der Waals surface area contributed by atoms with Crippen LogP contribution >= 0.6 is 0 Å². The van der Waals surface area contributed by atoms with Crippen LogP contribution in [0.2, 0.25) is 0 Å². The quantitative estimate of drug-likeness (QED) is 0.480. The van der Waals surface area contributed by atoms with Crippen molar-refractivity contribution in [3.8, 4) is 6.07 Å². The van der Waals surface area contributed by atoms with Crippen LogP contribution in [0, 0.1) is 35.0 Å². The van der Waals surface area contributed by atoms with Gasteiger partial charge in [0, 0.05) is 12.5 Å². The third kappa shape index (κ3) is 6.11. The highest BCUT2D eigenvalue weighted by molar-refractivity contribution is 5.80. The second kappa shape index (κ2) is 8.33. The van der Waals surface area contributed by atoms with Gasteiger partial charge in [-0.25, -0.2) is 4.79 Å². The number of rotatable bonds is 2. The first-order valence-electron chi connectivity index (χ1n) is 10.8. The van der Waals surface area contributed by atoms with Crippen molar-refractivity contribution in [2.75, 3.05) is 6.54 Å². The van der Waals surface area contributed by atoms with Crippen molar-refractivity contribution in [2.45, 2.75) is 91.6 Å². The molecule has 0 radical (unpaired) electrons. The van der Waals surface area contributed by atoms with Gasteiger partial charge < -0.3 is 14.2 Å². The molecule has 0 aromatic heterocycles. The zero-order valence-corrected chi connectivity index (χ0v) is 20.1. The Labute approximate surface area is 185 Å². The molecule has 1 amide bonds. The zero-order valence-electron chi connectivity index (χ0n) is 20.1. The molecular formula is C23H36N2O6. The lowest BCUT2D eigenvalue weighted by Gasteiger charge is -2.29. The smallest absolute Gasteiger partial charge is 0.411 e. The lowest BCUT2D eigenvalue weighted by Crippen LogP contribution is -2.43. The van der Waals surface area contributed by atoms with Gasteiger partial charge in [0.05, 0.1) is 17.9 Å². The highest BCUT2D eigenvalue weighted by atomic mass is 16.6.